The van der Waals surface area contributed by atoms with Gasteiger partial charge in [0.2, 0.25) is 5.43 Å². The lowest BCUT2D eigenvalue weighted by Crippen LogP contribution is -2.58. The minimum absolute atomic E-state index is 0.0196. The summed E-state index contributed by atoms with van der Waals surface area (Å²) in [5.41, 5.74) is -0.374. The number of alkyl halides is 2. The summed E-state index contributed by atoms with van der Waals surface area (Å²) in [4.78, 5) is 40.2. The topological polar surface area (TPSA) is 77.8 Å². The van der Waals surface area contributed by atoms with Gasteiger partial charge in [0.25, 0.3) is 11.8 Å². The molecule has 2 fully saturated rings. The first kappa shape index (κ1) is 20.7. The lowest BCUT2D eigenvalue weighted by Gasteiger charge is -2.43. The number of rotatable bonds is 5. The minimum Gasteiger partial charge on any atom is -0.483 e. The van der Waals surface area contributed by atoms with Crippen LogP contribution >= 0.6 is 0 Å². The predicted molar refractivity (Wildman–Crippen MR) is 109 cm³/mol. The van der Waals surface area contributed by atoms with Gasteiger partial charge in [-0.05, 0) is 24.8 Å². The fourth-order valence-corrected chi connectivity index (χ4v) is 5.17. The van der Waals surface area contributed by atoms with Crippen LogP contribution in [0.5, 0.6) is 5.75 Å². The number of esters is 1. The summed E-state index contributed by atoms with van der Waals surface area (Å²) in [7, 11) is 0. The lowest BCUT2D eigenvalue weighted by atomic mass is 9.94. The van der Waals surface area contributed by atoms with E-state index in [9.17, 15) is 23.2 Å². The molecular formula is C23H22F2N2O5. The number of ether oxygens (including phenoxy) is 2. The van der Waals surface area contributed by atoms with Crippen LogP contribution in [0.15, 0.2) is 41.3 Å². The molecule has 1 aromatic carbocycles. The number of nitrogens with zero attached hydrogens (tertiary/aromatic N) is 2. The number of pyridine rings is 1. The number of amides is 1. The van der Waals surface area contributed by atoms with Gasteiger partial charge in [-0.3, -0.25) is 9.59 Å². The van der Waals surface area contributed by atoms with E-state index in [1.54, 1.807) is 31.2 Å². The van der Waals surface area contributed by atoms with Crippen LogP contribution in [0.4, 0.5) is 8.78 Å². The van der Waals surface area contributed by atoms with Crippen LogP contribution in [-0.4, -0.2) is 46.0 Å². The summed E-state index contributed by atoms with van der Waals surface area (Å²) < 4.78 is 41.1. The summed E-state index contributed by atoms with van der Waals surface area (Å²) in [5, 5.41) is 0. The normalized spacial score (nSPS) is 24.8. The zero-order chi connectivity index (χ0) is 22.6. The molecule has 168 valence electrons. The van der Waals surface area contributed by atoms with Gasteiger partial charge in [0, 0.05) is 19.2 Å². The number of carbonyl (C=O) groups is 2. The molecule has 0 N–H and O–H groups in total. The van der Waals surface area contributed by atoms with Gasteiger partial charge >= 0.3 is 5.97 Å². The Morgan fingerprint density at radius 3 is 2.69 bits per heavy atom. The summed E-state index contributed by atoms with van der Waals surface area (Å²) in [6, 6.07) is 7.42. The van der Waals surface area contributed by atoms with E-state index >= 15 is 0 Å². The van der Waals surface area contributed by atoms with Gasteiger partial charge in [-0.1, -0.05) is 30.3 Å². The molecule has 1 amide bonds. The molecule has 3 aliphatic rings. The van der Waals surface area contributed by atoms with Crippen molar-refractivity contribution in [2.24, 2.45) is 5.92 Å². The zero-order valence-corrected chi connectivity index (χ0v) is 17.4. The highest BCUT2D eigenvalue weighted by Crippen LogP contribution is 2.53. The molecule has 2 aliphatic heterocycles. The van der Waals surface area contributed by atoms with Crippen molar-refractivity contribution in [2.75, 3.05) is 6.61 Å². The number of hydrogen-bond donors (Lipinski definition) is 0. The van der Waals surface area contributed by atoms with Crippen LogP contribution in [0.1, 0.15) is 46.2 Å². The Balaban J connectivity index is 1.59. The van der Waals surface area contributed by atoms with E-state index in [1.165, 1.54) is 15.7 Å². The van der Waals surface area contributed by atoms with Crippen molar-refractivity contribution in [3.8, 4) is 5.75 Å². The Labute approximate surface area is 182 Å². The summed E-state index contributed by atoms with van der Waals surface area (Å²) in [6.07, 6.45) is 1.27. The van der Waals surface area contributed by atoms with Crippen molar-refractivity contribution >= 4 is 11.9 Å². The number of fused-ring (bicyclic) bond motifs is 6. The third-order valence-corrected chi connectivity index (χ3v) is 6.57. The van der Waals surface area contributed by atoms with Gasteiger partial charge in [-0.25, -0.2) is 13.6 Å². The fourth-order valence-electron chi connectivity index (χ4n) is 5.17. The molecule has 7 nitrogen and oxygen atoms in total. The number of carbonyl (C=O) groups excluding carboxylic acids is 2. The van der Waals surface area contributed by atoms with E-state index in [0.29, 0.717) is 0 Å². The predicted octanol–water partition coefficient (Wildman–Crippen LogP) is 2.86. The smallest absolute Gasteiger partial charge is 0.343 e. The summed E-state index contributed by atoms with van der Waals surface area (Å²) in [5.74, 6) is -5.06. The monoisotopic (exact) mass is 444 g/mol. The largest absolute Gasteiger partial charge is 0.483 e. The quantitative estimate of drug-likeness (QED) is 0.663. The number of halogens is 2. The second-order valence-electron chi connectivity index (χ2n) is 8.45. The number of piperidine rings is 1. The van der Waals surface area contributed by atoms with Crippen molar-refractivity contribution in [1.29, 1.82) is 0 Å². The van der Waals surface area contributed by atoms with E-state index in [2.05, 4.69) is 0 Å². The second kappa shape index (κ2) is 7.43. The highest BCUT2D eigenvalue weighted by molar-refractivity contribution is 5.98. The summed E-state index contributed by atoms with van der Waals surface area (Å²) in [6.45, 7) is 1.90. The molecular weight excluding hydrogens is 422 g/mol. The Morgan fingerprint density at radius 1 is 1.22 bits per heavy atom. The molecule has 2 bridgehead atoms. The molecule has 0 spiro atoms. The van der Waals surface area contributed by atoms with Crippen molar-refractivity contribution in [1.82, 2.24) is 9.47 Å². The zero-order valence-electron chi connectivity index (χ0n) is 17.4. The molecule has 0 unspecified atom stereocenters. The average molecular weight is 444 g/mol. The van der Waals surface area contributed by atoms with E-state index in [4.69, 9.17) is 9.47 Å². The molecule has 0 radical (unpaired) electrons. The molecule has 1 aliphatic carbocycles. The van der Waals surface area contributed by atoms with E-state index < -0.39 is 35.3 Å². The Kier molecular flexibility index (Phi) is 4.79. The number of aromatic nitrogens is 1. The van der Waals surface area contributed by atoms with Gasteiger partial charge in [0.05, 0.1) is 18.7 Å². The van der Waals surface area contributed by atoms with Crippen molar-refractivity contribution in [3.63, 3.8) is 0 Å². The van der Waals surface area contributed by atoms with Gasteiger partial charge in [0.15, 0.2) is 11.4 Å². The van der Waals surface area contributed by atoms with Gasteiger partial charge in [-0.2, -0.15) is 0 Å². The van der Waals surface area contributed by atoms with Crippen LogP contribution < -0.4 is 10.2 Å². The molecule has 3 heterocycles. The molecule has 32 heavy (non-hydrogen) atoms. The van der Waals surface area contributed by atoms with Crippen LogP contribution in [0, 0.1) is 5.92 Å². The average Bonchev–Trinajstić information content (AvgIpc) is 3.28. The van der Waals surface area contributed by atoms with Crippen LogP contribution in [-0.2, 0) is 17.9 Å². The fraction of sp³-hybridized carbons (Fsp3) is 0.435. The van der Waals surface area contributed by atoms with Gasteiger partial charge < -0.3 is 18.9 Å². The van der Waals surface area contributed by atoms with Gasteiger partial charge in [-0.15, -0.1) is 0 Å². The first-order valence-electron chi connectivity index (χ1n) is 10.6. The van der Waals surface area contributed by atoms with Crippen molar-refractivity contribution < 1.29 is 27.8 Å². The SMILES string of the molecule is CCOC(=O)c1cn2c(c(OCc3ccccc3)c1=O)C(=O)N1[C@@H](C2)[C@H]2C[C@@H]1C(F)(F)C2. The Morgan fingerprint density at radius 2 is 1.97 bits per heavy atom. The maximum Gasteiger partial charge on any atom is 0.343 e. The first-order valence-corrected chi connectivity index (χ1v) is 10.6. The Hall–Kier alpha value is -3.23. The van der Waals surface area contributed by atoms with Crippen LogP contribution in [0.3, 0.4) is 0 Å². The lowest BCUT2D eigenvalue weighted by molar-refractivity contribution is -0.0871. The molecule has 1 aromatic heterocycles. The number of hydrogen-bond acceptors (Lipinski definition) is 5. The van der Waals surface area contributed by atoms with Crippen molar-refractivity contribution in [3.05, 3.63) is 63.6 Å². The van der Waals surface area contributed by atoms with E-state index in [1.807, 2.05) is 6.07 Å². The van der Waals surface area contributed by atoms with E-state index in [-0.39, 0.29) is 55.5 Å². The standard InChI is InChI=1S/C23H22F2N2O5/c1-2-31-22(30)15-10-26-11-16-14-8-17(23(24,25)9-14)27(16)21(29)18(26)20(19(15)28)32-12-13-6-4-3-5-7-13/h3-7,10,14,16-17H,2,8-9,11-12H2,1H3/t14-,16-,17+/m0/s1. The highest BCUT2D eigenvalue weighted by atomic mass is 19.3. The van der Waals surface area contributed by atoms with Crippen LogP contribution in [0.25, 0.3) is 0 Å². The molecule has 5 rings (SSSR count). The molecule has 9 heteroatoms. The highest BCUT2D eigenvalue weighted by Gasteiger charge is 2.63. The van der Waals surface area contributed by atoms with Crippen LogP contribution in [0.2, 0.25) is 0 Å². The number of benzene rings is 1. The molecule has 2 aromatic rings. The maximum absolute atomic E-state index is 14.4. The third kappa shape index (κ3) is 3.10. The van der Waals surface area contributed by atoms with E-state index in [0.717, 1.165) is 5.56 Å². The van der Waals surface area contributed by atoms with Gasteiger partial charge in [0.1, 0.15) is 12.2 Å². The van der Waals surface area contributed by atoms with Crippen molar-refractivity contribution in [2.45, 2.75) is 50.9 Å². The summed E-state index contributed by atoms with van der Waals surface area (Å²) >= 11 is 0. The first-order chi connectivity index (χ1) is 15.3. The Bertz CT molecular complexity index is 1150. The second-order valence-corrected chi connectivity index (χ2v) is 8.45. The third-order valence-electron chi connectivity index (χ3n) is 6.57. The minimum atomic E-state index is -2.95. The molecule has 1 saturated heterocycles. The molecule has 3 atom stereocenters. The molecule has 1 saturated carbocycles. The maximum atomic E-state index is 14.4.